The number of para-hydroxylation sites is 2. The first kappa shape index (κ1) is 35.1. The molecule has 0 saturated heterocycles. The zero-order valence-corrected chi connectivity index (χ0v) is 31.2. The van der Waals surface area contributed by atoms with Crippen LogP contribution in [0.4, 0.5) is 16.2 Å². The second-order valence-corrected chi connectivity index (χ2v) is 14.9. The van der Waals surface area contributed by atoms with E-state index in [4.69, 9.17) is 4.74 Å². The largest absolute Gasteiger partial charge is 0.508 e. The van der Waals surface area contributed by atoms with Crippen molar-refractivity contribution in [3.8, 4) is 22.8 Å². The second-order valence-electron chi connectivity index (χ2n) is 14.9. The van der Waals surface area contributed by atoms with Gasteiger partial charge in [-0.15, -0.1) is 0 Å². The molecule has 0 fully saturated rings. The van der Waals surface area contributed by atoms with Crippen molar-refractivity contribution in [2.24, 2.45) is 0 Å². The van der Waals surface area contributed by atoms with Crippen LogP contribution in [0.2, 0.25) is 0 Å². The minimum absolute atomic E-state index is 0.0287. The highest BCUT2D eigenvalue weighted by Gasteiger charge is 2.35. The van der Waals surface area contributed by atoms with Crippen LogP contribution in [0.25, 0.3) is 11.3 Å². The number of rotatable bonds is 6. The van der Waals surface area contributed by atoms with E-state index in [1.165, 1.54) is 5.56 Å². The molecule has 0 spiro atoms. The lowest BCUT2D eigenvalue weighted by Crippen LogP contribution is -2.42. The van der Waals surface area contributed by atoms with E-state index in [2.05, 4.69) is 29.7 Å². The Bertz CT molecular complexity index is 2460. The number of aromatic nitrogens is 1. The van der Waals surface area contributed by atoms with Crippen LogP contribution in [0, 0.1) is 0 Å². The van der Waals surface area contributed by atoms with E-state index in [0.29, 0.717) is 60.9 Å². The Kier molecular flexibility index (Phi) is 9.13. The number of phenols is 1. The number of hydrogen-bond acceptors (Lipinski definition) is 5. The minimum atomic E-state index is -0.453. The van der Waals surface area contributed by atoms with Gasteiger partial charge in [-0.2, -0.15) is 0 Å². The first-order valence-corrected chi connectivity index (χ1v) is 19.3. The molecule has 4 heterocycles. The third kappa shape index (κ3) is 6.49. The van der Waals surface area contributed by atoms with Gasteiger partial charge in [0.05, 0.1) is 5.56 Å². The number of aromatic hydroxyl groups is 1. The molecule has 0 saturated carbocycles. The summed E-state index contributed by atoms with van der Waals surface area (Å²) in [5, 5.41) is 10.1. The number of nitrogens with zero attached hydrogens (tertiary/aromatic N) is 4. The van der Waals surface area contributed by atoms with Gasteiger partial charge in [0.15, 0.2) is 0 Å². The molecule has 1 N–H and O–H groups in total. The number of amides is 3. The van der Waals surface area contributed by atoms with Crippen LogP contribution < -0.4 is 9.64 Å². The average Bonchev–Trinajstić information content (AvgIpc) is 3.83. The van der Waals surface area contributed by atoms with Gasteiger partial charge in [0, 0.05) is 66.1 Å². The maximum atomic E-state index is 15.0. The lowest BCUT2D eigenvalue weighted by Gasteiger charge is -2.35. The summed E-state index contributed by atoms with van der Waals surface area (Å²) in [5.74, 6) is 0.316. The summed E-state index contributed by atoms with van der Waals surface area (Å²) in [6, 6.07) is 39.5. The summed E-state index contributed by atoms with van der Waals surface area (Å²) >= 11 is 0. The Morgan fingerprint density at radius 1 is 0.696 bits per heavy atom. The zero-order chi connectivity index (χ0) is 38.3. The Hall–Kier alpha value is -6.61. The quantitative estimate of drug-likeness (QED) is 0.184. The van der Waals surface area contributed by atoms with Crippen molar-refractivity contribution < 1.29 is 24.2 Å². The molecule has 56 heavy (non-hydrogen) atoms. The maximum absolute atomic E-state index is 15.0. The fraction of sp³-hybridized carbons (Fsp3) is 0.213. The SMILES string of the molecule is C[C@@H]1Cc2ccccc2CN1C(=O)c1cc2c(cc1-c1cc(C(=O)N(c3ccccc3)c3ccc(O)cc3)c3n1CCCC3)CN(C(=O)Oc1ccccc1)C2. The molecule has 1 atom stereocenters. The number of benzene rings is 5. The number of carbonyl (C=O) groups excluding carboxylic acids is 3. The van der Waals surface area contributed by atoms with Crippen LogP contribution in [0.15, 0.2) is 127 Å². The second kappa shape index (κ2) is 14.6. The monoisotopic (exact) mass is 742 g/mol. The number of ether oxygens (including phenoxy) is 1. The fourth-order valence-corrected chi connectivity index (χ4v) is 8.50. The summed E-state index contributed by atoms with van der Waals surface area (Å²) in [6.45, 7) is 3.94. The van der Waals surface area contributed by atoms with Crippen LogP contribution in [0.5, 0.6) is 11.5 Å². The normalized spacial score (nSPS) is 15.8. The van der Waals surface area contributed by atoms with E-state index in [1.807, 2.05) is 77.7 Å². The van der Waals surface area contributed by atoms with Gasteiger partial charge >= 0.3 is 6.09 Å². The number of fused-ring (bicyclic) bond motifs is 3. The van der Waals surface area contributed by atoms with Crippen LogP contribution in [0.1, 0.15) is 68.4 Å². The standard InChI is InChI=1S/C47H42N4O5/c1-31-24-32-12-8-9-13-33(32)30-50(31)45(53)41-26-35-29-48(47(55)56-39-16-6-3-7-17-39)28-34(35)25-40(41)44-27-42(43-18-10-11-23-49(43)44)46(54)51(36-14-4-2-5-15-36)37-19-21-38(52)22-20-37/h2-9,12-17,19-22,25-27,31,52H,10-11,18,23-24,28-30H2,1H3/t31-/m1/s1. The Balaban J connectivity index is 1.15. The molecular formula is C47H42N4O5. The van der Waals surface area contributed by atoms with E-state index in [9.17, 15) is 14.7 Å². The van der Waals surface area contributed by atoms with Gasteiger partial charge in [-0.1, -0.05) is 60.7 Å². The van der Waals surface area contributed by atoms with Gasteiger partial charge in [0.1, 0.15) is 11.5 Å². The Morgan fingerprint density at radius 3 is 2.11 bits per heavy atom. The minimum Gasteiger partial charge on any atom is -0.508 e. The fourth-order valence-electron chi connectivity index (χ4n) is 8.50. The molecule has 0 bridgehead atoms. The highest BCUT2D eigenvalue weighted by molar-refractivity contribution is 6.12. The molecule has 0 unspecified atom stereocenters. The van der Waals surface area contributed by atoms with E-state index >= 15 is 4.79 Å². The highest BCUT2D eigenvalue weighted by Crippen LogP contribution is 2.40. The van der Waals surface area contributed by atoms with Gasteiger partial charge in [0.2, 0.25) is 0 Å². The molecule has 9 heteroatoms. The molecule has 3 aliphatic heterocycles. The molecule has 6 aromatic rings. The lowest BCUT2D eigenvalue weighted by atomic mass is 9.92. The third-order valence-corrected chi connectivity index (χ3v) is 11.4. The Morgan fingerprint density at radius 2 is 1.36 bits per heavy atom. The zero-order valence-electron chi connectivity index (χ0n) is 31.2. The van der Waals surface area contributed by atoms with Gasteiger partial charge in [-0.25, -0.2) is 4.79 Å². The molecule has 280 valence electrons. The molecule has 0 radical (unpaired) electrons. The first-order chi connectivity index (χ1) is 27.3. The topological polar surface area (TPSA) is 95.3 Å². The summed E-state index contributed by atoms with van der Waals surface area (Å²) in [6.07, 6.45) is 2.90. The number of hydrogen-bond donors (Lipinski definition) is 1. The molecule has 0 aliphatic carbocycles. The predicted octanol–water partition coefficient (Wildman–Crippen LogP) is 9.28. The van der Waals surface area contributed by atoms with Gasteiger partial charge in [-0.3, -0.25) is 19.4 Å². The van der Waals surface area contributed by atoms with Gasteiger partial charge in [0.25, 0.3) is 11.8 Å². The van der Waals surface area contributed by atoms with E-state index < -0.39 is 6.09 Å². The average molecular weight is 743 g/mol. The maximum Gasteiger partial charge on any atom is 0.415 e. The van der Waals surface area contributed by atoms with Crippen LogP contribution in [-0.4, -0.2) is 43.4 Å². The third-order valence-electron chi connectivity index (χ3n) is 11.4. The molecule has 3 aliphatic rings. The number of anilines is 2. The summed E-state index contributed by atoms with van der Waals surface area (Å²) in [5.41, 5.74) is 9.18. The summed E-state index contributed by atoms with van der Waals surface area (Å²) in [7, 11) is 0. The van der Waals surface area contributed by atoms with Crippen molar-refractivity contribution in [3.63, 3.8) is 0 Å². The van der Waals surface area contributed by atoms with Crippen LogP contribution in [0.3, 0.4) is 0 Å². The van der Waals surface area contributed by atoms with Crippen molar-refractivity contribution in [3.05, 3.63) is 166 Å². The van der Waals surface area contributed by atoms with Crippen molar-refractivity contribution in [1.29, 1.82) is 0 Å². The Labute approximate surface area is 326 Å². The van der Waals surface area contributed by atoms with Gasteiger partial charge < -0.3 is 19.3 Å². The van der Waals surface area contributed by atoms with E-state index in [-0.39, 0.29) is 23.6 Å². The summed E-state index contributed by atoms with van der Waals surface area (Å²) in [4.78, 5) is 48.7. The summed E-state index contributed by atoms with van der Waals surface area (Å²) < 4.78 is 7.95. The van der Waals surface area contributed by atoms with Crippen molar-refractivity contribution >= 4 is 29.3 Å². The first-order valence-electron chi connectivity index (χ1n) is 19.3. The molecule has 9 nitrogen and oxygen atoms in total. The van der Waals surface area contributed by atoms with Crippen LogP contribution in [-0.2, 0) is 39.0 Å². The van der Waals surface area contributed by atoms with E-state index in [0.717, 1.165) is 52.9 Å². The molecule has 1 aromatic heterocycles. The van der Waals surface area contributed by atoms with Crippen LogP contribution >= 0.6 is 0 Å². The lowest BCUT2D eigenvalue weighted by molar-refractivity contribution is 0.0658. The van der Waals surface area contributed by atoms with Crippen molar-refractivity contribution in [1.82, 2.24) is 14.4 Å². The van der Waals surface area contributed by atoms with Crippen molar-refractivity contribution in [2.45, 2.75) is 64.8 Å². The smallest absolute Gasteiger partial charge is 0.415 e. The predicted molar refractivity (Wildman–Crippen MR) is 215 cm³/mol. The highest BCUT2D eigenvalue weighted by atomic mass is 16.6. The molecular weight excluding hydrogens is 701 g/mol. The number of carbonyl (C=O) groups is 3. The van der Waals surface area contributed by atoms with Gasteiger partial charge in [-0.05, 0) is 122 Å². The molecule has 5 aromatic carbocycles. The molecule has 3 amide bonds. The molecule has 9 rings (SSSR count). The van der Waals surface area contributed by atoms with E-state index in [1.54, 1.807) is 46.2 Å². The van der Waals surface area contributed by atoms with Crippen molar-refractivity contribution in [2.75, 3.05) is 4.90 Å². The number of phenolic OH excluding ortho intramolecular Hbond substituents is 1.